The molecule has 2 aliphatic heterocycles. The summed E-state index contributed by atoms with van der Waals surface area (Å²) < 4.78 is 5.93. The largest absolute Gasteiger partial charge is 0.376 e. The smallest absolute Gasteiger partial charge is 0.0749 e. The standard InChI is InChI=1S/C17H26N2O/c1-18-16-9-6-11-19(13-14-7-4-5-12-20-14)17-10-3-2-8-15(16)17/h2-3,8,10,14,16,18H,4-7,9,11-13H2,1H3. The van der Waals surface area contributed by atoms with Crippen LogP contribution in [0.1, 0.15) is 43.7 Å². The second kappa shape index (κ2) is 6.59. The van der Waals surface area contributed by atoms with E-state index in [1.165, 1.54) is 43.4 Å². The topological polar surface area (TPSA) is 24.5 Å². The van der Waals surface area contributed by atoms with Gasteiger partial charge in [-0.2, -0.15) is 0 Å². The molecule has 0 aromatic heterocycles. The molecule has 1 aromatic carbocycles. The van der Waals surface area contributed by atoms with Crippen LogP contribution in [0, 0.1) is 0 Å². The van der Waals surface area contributed by atoms with Gasteiger partial charge in [-0.05, 0) is 50.8 Å². The highest BCUT2D eigenvalue weighted by Gasteiger charge is 2.24. The lowest BCUT2D eigenvalue weighted by molar-refractivity contribution is 0.0210. The van der Waals surface area contributed by atoms with E-state index in [9.17, 15) is 0 Å². The number of nitrogens with zero attached hydrogens (tertiary/aromatic N) is 1. The highest BCUT2D eigenvalue weighted by atomic mass is 16.5. The predicted molar refractivity (Wildman–Crippen MR) is 83.3 cm³/mol. The van der Waals surface area contributed by atoms with E-state index in [4.69, 9.17) is 4.74 Å². The number of rotatable bonds is 3. The minimum atomic E-state index is 0.419. The fraction of sp³-hybridized carbons (Fsp3) is 0.647. The highest BCUT2D eigenvalue weighted by molar-refractivity contribution is 5.56. The van der Waals surface area contributed by atoms with Crippen molar-refractivity contribution in [3.05, 3.63) is 29.8 Å². The molecule has 1 fully saturated rings. The molecular formula is C17H26N2O. The van der Waals surface area contributed by atoms with Gasteiger partial charge in [0.15, 0.2) is 0 Å². The average Bonchev–Trinajstić information content (AvgIpc) is 2.68. The number of para-hydroxylation sites is 1. The first-order valence-corrected chi connectivity index (χ1v) is 8.01. The van der Waals surface area contributed by atoms with Crippen LogP contribution in [0.5, 0.6) is 0 Å². The van der Waals surface area contributed by atoms with Crippen LogP contribution in [-0.2, 0) is 4.74 Å². The summed E-state index contributed by atoms with van der Waals surface area (Å²) >= 11 is 0. The van der Waals surface area contributed by atoms with Crippen molar-refractivity contribution in [3.8, 4) is 0 Å². The zero-order valence-electron chi connectivity index (χ0n) is 12.5. The maximum atomic E-state index is 5.93. The van der Waals surface area contributed by atoms with Crippen LogP contribution in [0.25, 0.3) is 0 Å². The molecule has 0 saturated carbocycles. The number of hydrogen-bond donors (Lipinski definition) is 1. The van der Waals surface area contributed by atoms with E-state index in [2.05, 4.69) is 41.5 Å². The molecule has 3 nitrogen and oxygen atoms in total. The summed E-state index contributed by atoms with van der Waals surface area (Å²) in [4.78, 5) is 2.54. The van der Waals surface area contributed by atoms with Gasteiger partial charge in [0.2, 0.25) is 0 Å². The number of anilines is 1. The molecule has 110 valence electrons. The van der Waals surface area contributed by atoms with Crippen molar-refractivity contribution in [1.29, 1.82) is 0 Å². The summed E-state index contributed by atoms with van der Waals surface area (Å²) in [6.07, 6.45) is 6.65. The molecule has 0 spiro atoms. The Morgan fingerprint density at radius 2 is 2.10 bits per heavy atom. The van der Waals surface area contributed by atoms with E-state index in [-0.39, 0.29) is 0 Å². The first kappa shape index (κ1) is 13.9. The van der Waals surface area contributed by atoms with E-state index < -0.39 is 0 Å². The van der Waals surface area contributed by atoms with Crippen molar-refractivity contribution in [1.82, 2.24) is 5.32 Å². The van der Waals surface area contributed by atoms with Gasteiger partial charge in [0.1, 0.15) is 0 Å². The van der Waals surface area contributed by atoms with Gasteiger partial charge < -0.3 is 15.0 Å². The fourth-order valence-electron chi connectivity index (χ4n) is 3.52. The van der Waals surface area contributed by atoms with E-state index in [1.807, 2.05) is 0 Å². The molecule has 1 saturated heterocycles. The fourth-order valence-corrected chi connectivity index (χ4v) is 3.52. The summed E-state index contributed by atoms with van der Waals surface area (Å²) in [5.41, 5.74) is 2.85. The zero-order valence-corrected chi connectivity index (χ0v) is 12.5. The highest BCUT2D eigenvalue weighted by Crippen LogP contribution is 2.33. The van der Waals surface area contributed by atoms with Crippen molar-refractivity contribution in [2.75, 3.05) is 31.6 Å². The predicted octanol–water partition coefficient (Wildman–Crippen LogP) is 3.12. The van der Waals surface area contributed by atoms with Gasteiger partial charge in [-0.3, -0.25) is 0 Å². The summed E-state index contributed by atoms with van der Waals surface area (Å²) in [7, 11) is 2.07. The van der Waals surface area contributed by atoms with Crippen molar-refractivity contribution in [2.45, 2.75) is 44.2 Å². The van der Waals surface area contributed by atoms with Crippen LogP contribution in [-0.4, -0.2) is 32.8 Å². The molecule has 20 heavy (non-hydrogen) atoms. The van der Waals surface area contributed by atoms with Crippen LogP contribution in [0.2, 0.25) is 0 Å². The van der Waals surface area contributed by atoms with Crippen molar-refractivity contribution in [2.24, 2.45) is 0 Å². The second-order valence-corrected chi connectivity index (χ2v) is 5.98. The maximum Gasteiger partial charge on any atom is 0.0749 e. The lowest BCUT2D eigenvalue weighted by Crippen LogP contribution is -2.36. The molecule has 2 aliphatic rings. The Bertz CT molecular complexity index is 429. The summed E-state index contributed by atoms with van der Waals surface area (Å²) in [6.45, 7) is 3.14. The number of benzene rings is 1. The van der Waals surface area contributed by atoms with Gasteiger partial charge >= 0.3 is 0 Å². The Kier molecular flexibility index (Phi) is 4.58. The third kappa shape index (κ3) is 2.99. The monoisotopic (exact) mass is 274 g/mol. The Hall–Kier alpha value is -1.06. The summed E-state index contributed by atoms with van der Waals surface area (Å²) in [5, 5.41) is 3.47. The van der Waals surface area contributed by atoms with Crippen LogP contribution in [0.3, 0.4) is 0 Å². The lowest BCUT2D eigenvalue weighted by Gasteiger charge is -2.31. The Morgan fingerprint density at radius 3 is 2.90 bits per heavy atom. The first-order valence-electron chi connectivity index (χ1n) is 8.01. The SMILES string of the molecule is CNC1CCCN(CC2CCCCO2)c2ccccc21. The Morgan fingerprint density at radius 1 is 1.20 bits per heavy atom. The number of nitrogens with one attached hydrogen (secondary N) is 1. The summed E-state index contributed by atoms with van der Waals surface area (Å²) in [5.74, 6) is 0. The van der Waals surface area contributed by atoms with E-state index >= 15 is 0 Å². The van der Waals surface area contributed by atoms with Gasteiger partial charge in [-0.25, -0.2) is 0 Å². The number of ether oxygens (including phenoxy) is 1. The van der Waals surface area contributed by atoms with Crippen LogP contribution in [0.4, 0.5) is 5.69 Å². The molecule has 3 heteroatoms. The van der Waals surface area contributed by atoms with Gasteiger partial charge in [0.05, 0.1) is 6.10 Å². The van der Waals surface area contributed by atoms with Crippen molar-refractivity contribution in [3.63, 3.8) is 0 Å². The molecule has 0 radical (unpaired) electrons. The average molecular weight is 274 g/mol. The quantitative estimate of drug-likeness (QED) is 0.916. The minimum absolute atomic E-state index is 0.419. The zero-order chi connectivity index (χ0) is 13.8. The van der Waals surface area contributed by atoms with Crippen LogP contribution >= 0.6 is 0 Å². The van der Waals surface area contributed by atoms with Gasteiger partial charge in [-0.15, -0.1) is 0 Å². The molecule has 2 unspecified atom stereocenters. The molecule has 2 heterocycles. The number of hydrogen-bond acceptors (Lipinski definition) is 3. The molecule has 1 aromatic rings. The second-order valence-electron chi connectivity index (χ2n) is 5.98. The molecule has 0 amide bonds. The van der Waals surface area contributed by atoms with Gasteiger partial charge in [-0.1, -0.05) is 18.2 Å². The maximum absolute atomic E-state index is 5.93. The normalized spacial score (nSPS) is 26.9. The van der Waals surface area contributed by atoms with E-state index in [1.54, 1.807) is 0 Å². The van der Waals surface area contributed by atoms with Gasteiger partial charge in [0, 0.05) is 31.4 Å². The third-order valence-corrected chi connectivity index (χ3v) is 4.62. The van der Waals surface area contributed by atoms with Crippen LogP contribution < -0.4 is 10.2 Å². The Labute approximate surface area is 122 Å². The molecule has 2 atom stereocenters. The molecule has 0 aliphatic carbocycles. The molecular weight excluding hydrogens is 248 g/mol. The Balaban J connectivity index is 1.79. The van der Waals surface area contributed by atoms with Crippen LogP contribution in [0.15, 0.2) is 24.3 Å². The van der Waals surface area contributed by atoms with Crippen molar-refractivity contribution >= 4 is 5.69 Å². The van der Waals surface area contributed by atoms with Gasteiger partial charge in [0.25, 0.3) is 0 Å². The van der Waals surface area contributed by atoms with Crippen molar-refractivity contribution < 1.29 is 4.74 Å². The molecule has 1 N–H and O–H groups in total. The summed E-state index contributed by atoms with van der Waals surface area (Å²) in [6, 6.07) is 9.35. The van der Waals surface area contributed by atoms with E-state index in [0.717, 1.165) is 19.7 Å². The molecule has 3 rings (SSSR count). The molecule has 0 bridgehead atoms. The minimum Gasteiger partial charge on any atom is -0.376 e. The number of fused-ring (bicyclic) bond motifs is 1. The third-order valence-electron chi connectivity index (χ3n) is 4.62. The van der Waals surface area contributed by atoms with E-state index in [0.29, 0.717) is 12.1 Å². The first-order chi connectivity index (χ1) is 9.88. The lowest BCUT2D eigenvalue weighted by atomic mass is 10.0.